The van der Waals surface area contributed by atoms with Crippen LogP contribution in [-0.2, 0) is 16.6 Å². The Morgan fingerprint density at radius 3 is 2.57 bits per heavy atom. The number of aryl methyl sites for hydroxylation is 2. The predicted octanol–water partition coefficient (Wildman–Crippen LogP) is 3.02. The van der Waals surface area contributed by atoms with Gasteiger partial charge in [-0.25, -0.2) is 12.8 Å². The van der Waals surface area contributed by atoms with Crippen LogP contribution in [0.1, 0.15) is 16.0 Å². The SMILES string of the molecule is CNCc1scc(C)c1S(=O)(=O)Nc1c(C)cccc1F. The maximum absolute atomic E-state index is 13.8. The van der Waals surface area contributed by atoms with Crippen LogP contribution in [0, 0.1) is 19.7 Å². The smallest absolute Gasteiger partial charge is 0.263 e. The maximum Gasteiger partial charge on any atom is 0.263 e. The number of sulfonamides is 1. The average molecular weight is 328 g/mol. The van der Waals surface area contributed by atoms with Gasteiger partial charge in [0.05, 0.1) is 5.69 Å². The lowest BCUT2D eigenvalue weighted by molar-refractivity contribution is 0.596. The van der Waals surface area contributed by atoms with Crippen molar-refractivity contribution >= 4 is 27.0 Å². The molecule has 21 heavy (non-hydrogen) atoms. The highest BCUT2D eigenvalue weighted by molar-refractivity contribution is 7.93. The quantitative estimate of drug-likeness (QED) is 0.887. The van der Waals surface area contributed by atoms with Gasteiger partial charge in [0.1, 0.15) is 10.7 Å². The Labute approximate surface area is 128 Å². The molecule has 0 aliphatic heterocycles. The Bertz CT molecular complexity index is 734. The molecule has 0 amide bonds. The summed E-state index contributed by atoms with van der Waals surface area (Å²) in [6.45, 7) is 3.85. The van der Waals surface area contributed by atoms with Crippen LogP contribution in [0.25, 0.3) is 0 Å². The molecule has 4 nitrogen and oxygen atoms in total. The minimum absolute atomic E-state index is 0.00138. The van der Waals surface area contributed by atoms with Gasteiger partial charge in [0, 0.05) is 11.4 Å². The Morgan fingerprint density at radius 1 is 1.24 bits per heavy atom. The lowest BCUT2D eigenvalue weighted by Crippen LogP contribution is -2.18. The minimum atomic E-state index is -3.82. The van der Waals surface area contributed by atoms with Gasteiger partial charge in [-0.3, -0.25) is 4.72 Å². The summed E-state index contributed by atoms with van der Waals surface area (Å²) in [5.41, 5.74) is 1.20. The van der Waals surface area contributed by atoms with E-state index in [1.807, 2.05) is 0 Å². The van der Waals surface area contributed by atoms with Crippen molar-refractivity contribution in [3.8, 4) is 0 Å². The van der Waals surface area contributed by atoms with E-state index < -0.39 is 15.8 Å². The van der Waals surface area contributed by atoms with Crippen molar-refractivity contribution in [1.82, 2.24) is 5.32 Å². The summed E-state index contributed by atoms with van der Waals surface area (Å²) in [4.78, 5) is 0.931. The Balaban J connectivity index is 2.46. The van der Waals surface area contributed by atoms with E-state index in [0.717, 1.165) is 0 Å². The monoisotopic (exact) mass is 328 g/mol. The van der Waals surface area contributed by atoms with Crippen molar-refractivity contribution in [2.45, 2.75) is 25.3 Å². The molecule has 0 saturated carbocycles. The van der Waals surface area contributed by atoms with E-state index in [0.29, 0.717) is 22.5 Å². The molecule has 0 radical (unpaired) electrons. The van der Waals surface area contributed by atoms with Crippen LogP contribution in [0.15, 0.2) is 28.5 Å². The fourth-order valence-corrected chi connectivity index (χ4v) is 5.04. The van der Waals surface area contributed by atoms with Gasteiger partial charge in [0.2, 0.25) is 0 Å². The third-order valence-electron chi connectivity index (χ3n) is 3.05. The first-order chi connectivity index (χ1) is 9.86. The zero-order valence-corrected chi connectivity index (χ0v) is 13.7. The Kier molecular flexibility index (Phi) is 4.65. The van der Waals surface area contributed by atoms with Crippen molar-refractivity contribution in [2.75, 3.05) is 11.8 Å². The molecule has 0 aliphatic carbocycles. The fourth-order valence-electron chi connectivity index (χ4n) is 2.08. The molecule has 0 spiro atoms. The highest BCUT2D eigenvalue weighted by atomic mass is 32.2. The largest absolute Gasteiger partial charge is 0.315 e. The number of benzene rings is 1. The summed E-state index contributed by atoms with van der Waals surface area (Å²) in [6, 6.07) is 4.44. The van der Waals surface area contributed by atoms with Gasteiger partial charge in [0.15, 0.2) is 0 Å². The molecule has 0 bridgehead atoms. The number of thiophene rings is 1. The molecule has 0 aliphatic rings. The van der Waals surface area contributed by atoms with E-state index in [2.05, 4.69) is 10.0 Å². The minimum Gasteiger partial charge on any atom is -0.315 e. The lowest BCUT2D eigenvalue weighted by Gasteiger charge is -2.13. The third-order valence-corrected chi connectivity index (χ3v) is 5.87. The third kappa shape index (κ3) is 3.25. The van der Waals surface area contributed by atoms with Crippen LogP contribution >= 0.6 is 11.3 Å². The molecular formula is C14H17FN2O2S2. The van der Waals surface area contributed by atoms with Gasteiger partial charge in [0.25, 0.3) is 10.0 Å². The predicted molar refractivity (Wildman–Crippen MR) is 83.8 cm³/mol. The molecule has 2 aromatic rings. The number of anilines is 1. The summed E-state index contributed by atoms with van der Waals surface area (Å²) in [6.07, 6.45) is 0. The highest BCUT2D eigenvalue weighted by Gasteiger charge is 2.24. The summed E-state index contributed by atoms with van der Waals surface area (Å²) in [7, 11) is -2.07. The highest BCUT2D eigenvalue weighted by Crippen LogP contribution is 2.30. The number of nitrogens with one attached hydrogen (secondary N) is 2. The second-order valence-corrected chi connectivity index (χ2v) is 7.32. The second-order valence-electron chi connectivity index (χ2n) is 4.74. The maximum atomic E-state index is 13.8. The van der Waals surface area contributed by atoms with E-state index in [-0.39, 0.29) is 10.6 Å². The molecule has 2 N–H and O–H groups in total. The number of hydrogen-bond donors (Lipinski definition) is 2. The summed E-state index contributed by atoms with van der Waals surface area (Å²) < 4.78 is 41.4. The average Bonchev–Trinajstić information content (AvgIpc) is 2.77. The van der Waals surface area contributed by atoms with Gasteiger partial charge >= 0.3 is 0 Å². The Morgan fingerprint density at radius 2 is 1.95 bits per heavy atom. The van der Waals surface area contributed by atoms with Crippen LogP contribution in [-0.4, -0.2) is 15.5 Å². The Hall–Kier alpha value is -1.44. The topological polar surface area (TPSA) is 58.2 Å². The number of para-hydroxylation sites is 1. The molecule has 1 heterocycles. The molecule has 2 rings (SSSR count). The van der Waals surface area contributed by atoms with Crippen molar-refractivity contribution < 1.29 is 12.8 Å². The van der Waals surface area contributed by atoms with Crippen LogP contribution in [0.5, 0.6) is 0 Å². The summed E-state index contributed by atoms with van der Waals surface area (Å²) in [5, 5.41) is 4.73. The van der Waals surface area contributed by atoms with Gasteiger partial charge in [-0.15, -0.1) is 11.3 Å². The molecule has 114 valence electrons. The zero-order valence-electron chi connectivity index (χ0n) is 12.0. The van der Waals surface area contributed by atoms with Crippen LogP contribution < -0.4 is 10.0 Å². The van der Waals surface area contributed by atoms with Crippen LogP contribution in [0.2, 0.25) is 0 Å². The normalized spacial score (nSPS) is 11.6. The van der Waals surface area contributed by atoms with E-state index in [9.17, 15) is 12.8 Å². The van der Waals surface area contributed by atoms with Gasteiger partial charge < -0.3 is 5.32 Å². The zero-order chi connectivity index (χ0) is 15.6. The summed E-state index contributed by atoms with van der Waals surface area (Å²) in [5.74, 6) is -0.582. The number of rotatable bonds is 5. The molecular weight excluding hydrogens is 311 g/mol. The van der Waals surface area contributed by atoms with Gasteiger partial charge in [-0.1, -0.05) is 12.1 Å². The number of hydrogen-bond acceptors (Lipinski definition) is 4. The lowest BCUT2D eigenvalue weighted by atomic mass is 10.2. The van der Waals surface area contributed by atoms with E-state index in [1.54, 1.807) is 38.4 Å². The van der Waals surface area contributed by atoms with Crippen LogP contribution in [0.4, 0.5) is 10.1 Å². The fraction of sp³-hybridized carbons (Fsp3) is 0.286. The first-order valence-electron chi connectivity index (χ1n) is 6.36. The van der Waals surface area contributed by atoms with Crippen LogP contribution in [0.3, 0.4) is 0 Å². The molecule has 1 aromatic heterocycles. The van der Waals surface area contributed by atoms with Gasteiger partial charge in [-0.05, 0) is 43.5 Å². The molecule has 0 atom stereocenters. The summed E-state index contributed by atoms with van der Waals surface area (Å²) >= 11 is 1.37. The molecule has 0 unspecified atom stereocenters. The van der Waals surface area contributed by atoms with Crippen molar-refractivity contribution in [3.05, 3.63) is 45.4 Å². The van der Waals surface area contributed by atoms with Crippen molar-refractivity contribution in [1.29, 1.82) is 0 Å². The second kappa shape index (κ2) is 6.13. The standard InChI is InChI=1S/C14H17FN2O2S2/c1-9-5-4-6-11(15)13(9)17-21(18,19)14-10(2)8-20-12(14)7-16-3/h4-6,8,16-17H,7H2,1-3H3. The molecule has 7 heteroatoms. The van der Waals surface area contributed by atoms with Crippen molar-refractivity contribution in [2.24, 2.45) is 0 Å². The van der Waals surface area contributed by atoms with E-state index in [4.69, 9.17) is 0 Å². The molecule has 0 fully saturated rings. The first-order valence-corrected chi connectivity index (χ1v) is 8.72. The molecule has 0 saturated heterocycles. The first kappa shape index (κ1) is 15.9. The van der Waals surface area contributed by atoms with E-state index in [1.165, 1.54) is 17.4 Å². The van der Waals surface area contributed by atoms with E-state index >= 15 is 0 Å². The molecule has 1 aromatic carbocycles. The number of halogens is 1. The van der Waals surface area contributed by atoms with Gasteiger partial charge in [-0.2, -0.15) is 0 Å². The van der Waals surface area contributed by atoms with Crippen molar-refractivity contribution in [3.63, 3.8) is 0 Å².